The summed E-state index contributed by atoms with van der Waals surface area (Å²) >= 11 is 0. The molecule has 0 aromatic heterocycles. The number of hydrogen-bond acceptors (Lipinski definition) is 3. The minimum absolute atomic E-state index is 0.0252. The molecule has 6 nitrogen and oxygen atoms in total. The van der Waals surface area contributed by atoms with Gasteiger partial charge in [-0.25, -0.2) is 4.79 Å². The van der Waals surface area contributed by atoms with Crippen molar-refractivity contribution in [2.75, 3.05) is 26.7 Å². The largest absolute Gasteiger partial charge is 0.364 e. The van der Waals surface area contributed by atoms with Gasteiger partial charge in [0.2, 0.25) is 5.91 Å². The van der Waals surface area contributed by atoms with Gasteiger partial charge in [0.05, 0.1) is 18.7 Å². The molecule has 3 amide bonds. The Bertz CT molecular complexity index is 534. The molecular weight excluding hydrogens is 270 g/mol. The van der Waals surface area contributed by atoms with E-state index >= 15 is 0 Å². The number of benzene rings is 1. The highest BCUT2D eigenvalue weighted by Crippen LogP contribution is 2.22. The average molecular weight is 289 g/mol. The van der Waals surface area contributed by atoms with E-state index in [1.165, 1.54) is 0 Å². The number of carbonyl (C=O) groups excluding carboxylic acids is 2. The number of rotatable bonds is 2. The fraction of sp³-hybridized carbons (Fsp3) is 0.467. The highest BCUT2D eigenvalue weighted by Gasteiger charge is 2.43. The zero-order valence-electron chi connectivity index (χ0n) is 12.0. The second kappa shape index (κ2) is 5.73. The molecule has 0 aliphatic carbocycles. The van der Waals surface area contributed by atoms with Gasteiger partial charge in [-0.15, -0.1) is 0 Å². The van der Waals surface area contributed by atoms with Gasteiger partial charge in [-0.2, -0.15) is 0 Å². The number of nitrogens with zero attached hydrogens (tertiary/aromatic N) is 2. The lowest BCUT2D eigenvalue weighted by Crippen LogP contribution is -2.51. The SMILES string of the molecule is CN1C(=O)COC2CN(C(=O)NCc3ccccc3)CC21. The summed E-state index contributed by atoms with van der Waals surface area (Å²) in [4.78, 5) is 27.2. The van der Waals surface area contributed by atoms with Gasteiger partial charge in [0.15, 0.2) is 0 Å². The molecular formula is C15H19N3O3. The van der Waals surface area contributed by atoms with E-state index in [2.05, 4.69) is 5.32 Å². The smallest absolute Gasteiger partial charge is 0.317 e. The molecule has 2 aliphatic rings. The molecule has 2 aliphatic heterocycles. The first-order valence-corrected chi connectivity index (χ1v) is 7.09. The number of likely N-dealkylation sites (tertiary alicyclic amines) is 1. The third kappa shape index (κ3) is 2.85. The highest BCUT2D eigenvalue weighted by molar-refractivity contribution is 5.79. The van der Waals surface area contributed by atoms with Crippen molar-refractivity contribution >= 4 is 11.9 Å². The molecule has 0 bridgehead atoms. The Morgan fingerprint density at radius 2 is 2.10 bits per heavy atom. The van der Waals surface area contributed by atoms with Crippen LogP contribution in [0.3, 0.4) is 0 Å². The quantitative estimate of drug-likeness (QED) is 0.859. The zero-order chi connectivity index (χ0) is 14.8. The van der Waals surface area contributed by atoms with Crippen LogP contribution in [0.2, 0.25) is 0 Å². The molecule has 0 saturated carbocycles. The number of fused-ring (bicyclic) bond motifs is 1. The Kier molecular flexibility index (Phi) is 3.79. The predicted octanol–water partition coefficient (Wildman–Crippen LogP) is 0.438. The third-order valence-electron chi connectivity index (χ3n) is 4.12. The number of ether oxygens (including phenoxy) is 1. The number of hydrogen-bond donors (Lipinski definition) is 1. The van der Waals surface area contributed by atoms with Gasteiger partial charge in [0, 0.05) is 20.1 Å². The first-order valence-electron chi connectivity index (χ1n) is 7.09. The first-order chi connectivity index (χ1) is 10.1. The van der Waals surface area contributed by atoms with Crippen LogP contribution in [-0.4, -0.2) is 60.6 Å². The van der Waals surface area contributed by atoms with Crippen LogP contribution < -0.4 is 5.32 Å². The molecule has 1 aromatic rings. The molecule has 2 atom stereocenters. The Morgan fingerprint density at radius 3 is 2.86 bits per heavy atom. The molecule has 2 heterocycles. The van der Waals surface area contributed by atoms with Crippen molar-refractivity contribution in [3.05, 3.63) is 35.9 Å². The monoisotopic (exact) mass is 289 g/mol. The molecule has 0 radical (unpaired) electrons. The van der Waals surface area contributed by atoms with Gasteiger partial charge in [-0.1, -0.05) is 30.3 Å². The van der Waals surface area contributed by atoms with E-state index in [1.54, 1.807) is 16.8 Å². The van der Waals surface area contributed by atoms with E-state index in [4.69, 9.17) is 4.74 Å². The summed E-state index contributed by atoms with van der Waals surface area (Å²) in [5.74, 6) is -0.0252. The molecule has 3 rings (SSSR count). The molecule has 1 N–H and O–H groups in total. The van der Waals surface area contributed by atoms with Crippen LogP contribution in [0.4, 0.5) is 4.79 Å². The normalized spacial score (nSPS) is 24.9. The van der Waals surface area contributed by atoms with E-state index < -0.39 is 0 Å². The van der Waals surface area contributed by atoms with E-state index in [0.717, 1.165) is 5.56 Å². The molecule has 2 saturated heterocycles. The van der Waals surface area contributed by atoms with E-state index in [-0.39, 0.29) is 30.7 Å². The summed E-state index contributed by atoms with van der Waals surface area (Å²) < 4.78 is 5.51. The van der Waals surface area contributed by atoms with Crippen molar-refractivity contribution in [1.29, 1.82) is 0 Å². The van der Waals surface area contributed by atoms with Gasteiger partial charge < -0.3 is 19.9 Å². The lowest BCUT2D eigenvalue weighted by Gasteiger charge is -2.33. The number of nitrogens with one attached hydrogen (secondary N) is 1. The Hall–Kier alpha value is -2.08. The number of amides is 3. The fourth-order valence-electron chi connectivity index (χ4n) is 2.81. The van der Waals surface area contributed by atoms with Crippen molar-refractivity contribution in [3.63, 3.8) is 0 Å². The van der Waals surface area contributed by atoms with Gasteiger partial charge in [0.1, 0.15) is 6.61 Å². The summed E-state index contributed by atoms with van der Waals surface area (Å²) in [5.41, 5.74) is 1.06. The lowest BCUT2D eigenvalue weighted by molar-refractivity contribution is -0.150. The summed E-state index contributed by atoms with van der Waals surface area (Å²) in [5, 5.41) is 2.90. The fourth-order valence-corrected chi connectivity index (χ4v) is 2.81. The van der Waals surface area contributed by atoms with Crippen LogP contribution in [0.1, 0.15) is 5.56 Å². The van der Waals surface area contributed by atoms with Crippen molar-refractivity contribution in [1.82, 2.24) is 15.1 Å². The summed E-state index contributed by atoms with van der Waals surface area (Å²) in [7, 11) is 1.77. The molecule has 2 unspecified atom stereocenters. The predicted molar refractivity (Wildman–Crippen MR) is 76.5 cm³/mol. The third-order valence-corrected chi connectivity index (χ3v) is 4.12. The summed E-state index contributed by atoms with van der Waals surface area (Å²) in [6.45, 7) is 1.66. The van der Waals surface area contributed by atoms with Crippen LogP contribution in [0.15, 0.2) is 30.3 Å². The van der Waals surface area contributed by atoms with Gasteiger partial charge in [0.25, 0.3) is 0 Å². The van der Waals surface area contributed by atoms with Gasteiger partial charge in [-0.05, 0) is 5.56 Å². The Labute approximate surface area is 123 Å². The number of morpholine rings is 1. The molecule has 21 heavy (non-hydrogen) atoms. The van der Waals surface area contributed by atoms with Crippen LogP contribution >= 0.6 is 0 Å². The lowest BCUT2D eigenvalue weighted by atomic mass is 10.1. The van der Waals surface area contributed by atoms with Crippen LogP contribution in [-0.2, 0) is 16.1 Å². The molecule has 6 heteroatoms. The maximum absolute atomic E-state index is 12.2. The Balaban J connectivity index is 1.56. The molecule has 2 fully saturated rings. The average Bonchev–Trinajstić information content (AvgIpc) is 2.95. The maximum Gasteiger partial charge on any atom is 0.317 e. The first kappa shape index (κ1) is 13.9. The summed E-state index contributed by atoms with van der Waals surface area (Å²) in [6, 6.07) is 9.63. The van der Waals surface area contributed by atoms with Crippen molar-refractivity contribution < 1.29 is 14.3 Å². The minimum atomic E-state index is -0.113. The Morgan fingerprint density at radius 1 is 1.33 bits per heavy atom. The maximum atomic E-state index is 12.2. The number of likely N-dealkylation sites (N-methyl/N-ethyl adjacent to an activating group) is 1. The molecule has 1 aromatic carbocycles. The van der Waals surface area contributed by atoms with E-state index in [0.29, 0.717) is 19.6 Å². The van der Waals surface area contributed by atoms with Crippen molar-refractivity contribution in [3.8, 4) is 0 Å². The van der Waals surface area contributed by atoms with Crippen molar-refractivity contribution in [2.45, 2.75) is 18.7 Å². The molecule has 0 spiro atoms. The van der Waals surface area contributed by atoms with E-state index in [9.17, 15) is 9.59 Å². The van der Waals surface area contributed by atoms with Crippen LogP contribution in [0.5, 0.6) is 0 Å². The minimum Gasteiger partial charge on any atom is -0.364 e. The summed E-state index contributed by atoms with van der Waals surface area (Å²) in [6.07, 6.45) is -0.0739. The van der Waals surface area contributed by atoms with Gasteiger partial charge >= 0.3 is 6.03 Å². The van der Waals surface area contributed by atoms with Gasteiger partial charge in [-0.3, -0.25) is 4.79 Å². The second-order valence-corrected chi connectivity index (χ2v) is 5.47. The van der Waals surface area contributed by atoms with E-state index in [1.807, 2.05) is 30.3 Å². The van der Waals surface area contributed by atoms with Crippen LogP contribution in [0, 0.1) is 0 Å². The number of urea groups is 1. The van der Waals surface area contributed by atoms with Crippen LogP contribution in [0.25, 0.3) is 0 Å². The number of carbonyl (C=O) groups is 2. The highest BCUT2D eigenvalue weighted by atomic mass is 16.5. The van der Waals surface area contributed by atoms with Crippen molar-refractivity contribution in [2.24, 2.45) is 0 Å². The molecule has 112 valence electrons. The topological polar surface area (TPSA) is 61.9 Å². The standard InChI is InChI=1S/C15H19N3O3/c1-17-12-8-18(9-13(12)21-10-14(17)19)15(20)16-7-11-5-3-2-4-6-11/h2-6,12-13H,7-10H2,1H3,(H,16,20). The second-order valence-electron chi connectivity index (χ2n) is 5.47. The zero-order valence-corrected chi connectivity index (χ0v) is 12.0.